The van der Waals surface area contributed by atoms with Gasteiger partial charge in [0.1, 0.15) is 0 Å². The summed E-state index contributed by atoms with van der Waals surface area (Å²) in [5, 5.41) is 5.71. The lowest BCUT2D eigenvalue weighted by Gasteiger charge is -2.14. The third kappa shape index (κ3) is 4.10. The van der Waals surface area contributed by atoms with E-state index in [1.165, 1.54) is 0 Å². The van der Waals surface area contributed by atoms with Gasteiger partial charge in [0.2, 0.25) is 0 Å². The molecule has 1 heterocycles. The van der Waals surface area contributed by atoms with Gasteiger partial charge in [0.15, 0.2) is 0 Å². The number of rotatable bonds is 4. The maximum atomic E-state index is 11.8. The Morgan fingerprint density at radius 2 is 2.00 bits per heavy atom. The number of hydrogen-bond donors (Lipinski definition) is 2. The zero-order chi connectivity index (χ0) is 13.5. The topological polar surface area (TPSA) is 54.0 Å². The van der Waals surface area contributed by atoms with Gasteiger partial charge in [-0.05, 0) is 24.1 Å². The van der Waals surface area contributed by atoms with E-state index in [4.69, 9.17) is 0 Å². The third-order valence-electron chi connectivity index (χ3n) is 2.83. The minimum atomic E-state index is -0.180. The van der Waals surface area contributed by atoms with E-state index in [1.54, 1.807) is 12.4 Å². The van der Waals surface area contributed by atoms with Gasteiger partial charge < -0.3 is 10.6 Å². The van der Waals surface area contributed by atoms with E-state index in [2.05, 4.69) is 15.6 Å². The number of pyridine rings is 1. The molecule has 0 aliphatic heterocycles. The average molecular weight is 255 g/mol. The van der Waals surface area contributed by atoms with E-state index in [0.29, 0.717) is 6.54 Å². The SMILES string of the molecule is CC(NC(=O)NCc1ccccc1)c1cccnc1. The number of amides is 2. The molecule has 0 spiro atoms. The molecule has 0 radical (unpaired) electrons. The summed E-state index contributed by atoms with van der Waals surface area (Å²) in [6, 6.07) is 13.4. The van der Waals surface area contributed by atoms with Crippen LogP contribution in [0.3, 0.4) is 0 Å². The molecule has 1 aromatic carbocycles. The molecule has 1 aromatic heterocycles. The van der Waals surface area contributed by atoms with Gasteiger partial charge in [-0.1, -0.05) is 36.4 Å². The van der Waals surface area contributed by atoms with Gasteiger partial charge in [-0.2, -0.15) is 0 Å². The Kier molecular flexibility index (Phi) is 4.50. The second-order valence-corrected chi connectivity index (χ2v) is 4.32. The molecule has 1 unspecified atom stereocenters. The Labute approximate surface area is 112 Å². The number of carbonyl (C=O) groups excluding carboxylic acids is 1. The standard InChI is InChI=1S/C15H17N3O/c1-12(14-8-5-9-16-11-14)18-15(19)17-10-13-6-3-2-4-7-13/h2-9,11-12H,10H2,1H3,(H2,17,18,19). The second kappa shape index (κ2) is 6.54. The summed E-state index contributed by atoms with van der Waals surface area (Å²) in [6.45, 7) is 2.45. The number of aromatic nitrogens is 1. The Morgan fingerprint density at radius 3 is 2.68 bits per heavy atom. The first-order valence-electron chi connectivity index (χ1n) is 6.24. The molecule has 4 heteroatoms. The van der Waals surface area contributed by atoms with Gasteiger partial charge in [-0.15, -0.1) is 0 Å². The lowest BCUT2D eigenvalue weighted by atomic mass is 10.1. The van der Waals surface area contributed by atoms with Gasteiger partial charge >= 0.3 is 6.03 Å². The van der Waals surface area contributed by atoms with Crippen molar-refractivity contribution in [1.29, 1.82) is 0 Å². The molecule has 2 aromatic rings. The molecule has 0 saturated carbocycles. The summed E-state index contributed by atoms with van der Waals surface area (Å²) in [4.78, 5) is 15.8. The highest BCUT2D eigenvalue weighted by molar-refractivity contribution is 5.74. The van der Waals surface area contributed by atoms with Crippen molar-refractivity contribution < 1.29 is 4.79 Å². The first-order chi connectivity index (χ1) is 9.25. The van der Waals surface area contributed by atoms with E-state index in [1.807, 2.05) is 49.4 Å². The maximum Gasteiger partial charge on any atom is 0.315 e. The Bertz CT molecular complexity index is 513. The number of carbonyl (C=O) groups is 1. The normalized spacial score (nSPS) is 11.6. The van der Waals surface area contributed by atoms with Gasteiger partial charge in [0, 0.05) is 18.9 Å². The molecule has 19 heavy (non-hydrogen) atoms. The van der Waals surface area contributed by atoms with Crippen molar-refractivity contribution in [2.45, 2.75) is 19.5 Å². The van der Waals surface area contributed by atoms with E-state index in [-0.39, 0.29) is 12.1 Å². The molecule has 4 nitrogen and oxygen atoms in total. The Hall–Kier alpha value is -2.36. The smallest absolute Gasteiger partial charge is 0.315 e. The molecule has 0 saturated heterocycles. The van der Waals surface area contributed by atoms with Crippen LogP contribution in [0.2, 0.25) is 0 Å². The Balaban J connectivity index is 1.82. The zero-order valence-corrected chi connectivity index (χ0v) is 10.8. The summed E-state index contributed by atoms with van der Waals surface area (Å²) in [5.41, 5.74) is 2.06. The first kappa shape index (κ1) is 13.1. The lowest BCUT2D eigenvalue weighted by molar-refractivity contribution is 0.237. The van der Waals surface area contributed by atoms with E-state index in [0.717, 1.165) is 11.1 Å². The highest BCUT2D eigenvalue weighted by Gasteiger charge is 2.08. The van der Waals surface area contributed by atoms with E-state index < -0.39 is 0 Å². The van der Waals surface area contributed by atoms with Crippen LogP contribution in [0.4, 0.5) is 4.79 Å². The number of nitrogens with zero attached hydrogens (tertiary/aromatic N) is 1. The molecule has 0 fully saturated rings. The van der Waals surface area contributed by atoms with Crippen molar-refractivity contribution in [3.8, 4) is 0 Å². The van der Waals surface area contributed by atoms with Gasteiger partial charge in [0.25, 0.3) is 0 Å². The minimum absolute atomic E-state index is 0.0653. The fourth-order valence-electron chi connectivity index (χ4n) is 1.74. The fraction of sp³-hybridized carbons (Fsp3) is 0.200. The molecular weight excluding hydrogens is 238 g/mol. The van der Waals surface area contributed by atoms with Gasteiger partial charge in [-0.3, -0.25) is 4.98 Å². The molecule has 2 amide bonds. The van der Waals surface area contributed by atoms with Crippen molar-refractivity contribution in [2.75, 3.05) is 0 Å². The molecule has 2 N–H and O–H groups in total. The van der Waals surface area contributed by atoms with Crippen LogP contribution in [0, 0.1) is 0 Å². The third-order valence-corrected chi connectivity index (χ3v) is 2.83. The summed E-state index contributed by atoms with van der Waals surface area (Å²) >= 11 is 0. The van der Waals surface area contributed by atoms with E-state index >= 15 is 0 Å². The zero-order valence-electron chi connectivity index (χ0n) is 10.8. The van der Waals surface area contributed by atoms with Crippen LogP contribution in [0.15, 0.2) is 54.9 Å². The molecular formula is C15H17N3O. The van der Waals surface area contributed by atoms with Gasteiger partial charge in [-0.25, -0.2) is 4.79 Å². The van der Waals surface area contributed by atoms with Crippen LogP contribution in [0.1, 0.15) is 24.1 Å². The highest BCUT2D eigenvalue weighted by atomic mass is 16.2. The van der Waals surface area contributed by atoms with Crippen LogP contribution >= 0.6 is 0 Å². The predicted molar refractivity (Wildman–Crippen MR) is 74.5 cm³/mol. The molecule has 0 bridgehead atoms. The van der Waals surface area contributed by atoms with Crippen LogP contribution in [0.25, 0.3) is 0 Å². The van der Waals surface area contributed by atoms with Crippen molar-refractivity contribution in [1.82, 2.24) is 15.6 Å². The summed E-state index contributed by atoms with van der Waals surface area (Å²) in [7, 11) is 0. The summed E-state index contributed by atoms with van der Waals surface area (Å²) < 4.78 is 0. The molecule has 1 atom stereocenters. The van der Waals surface area contributed by atoms with E-state index in [9.17, 15) is 4.79 Å². The molecule has 2 rings (SSSR count). The highest BCUT2D eigenvalue weighted by Crippen LogP contribution is 2.09. The van der Waals surface area contributed by atoms with Crippen LogP contribution in [-0.2, 0) is 6.54 Å². The summed E-state index contributed by atoms with van der Waals surface area (Å²) in [6.07, 6.45) is 3.47. The van der Waals surface area contributed by atoms with Crippen LogP contribution < -0.4 is 10.6 Å². The largest absolute Gasteiger partial charge is 0.334 e. The molecule has 98 valence electrons. The van der Waals surface area contributed by atoms with Crippen LogP contribution in [0.5, 0.6) is 0 Å². The predicted octanol–water partition coefficient (Wildman–Crippen LogP) is 2.64. The lowest BCUT2D eigenvalue weighted by Crippen LogP contribution is -2.36. The van der Waals surface area contributed by atoms with Crippen molar-refractivity contribution in [3.63, 3.8) is 0 Å². The van der Waals surface area contributed by atoms with Crippen molar-refractivity contribution >= 4 is 6.03 Å². The average Bonchev–Trinajstić information content (AvgIpc) is 2.47. The quantitative estimate of drug-likeness (QED) is 0.882. The number of nitrogens with one attached hydrogen (secondary N) is 2. The number of hydrogen-bond acceptors (Lipinski definition) is 2. The van der Waals surface area contributed by atoms with Crippen molar-refractivity contribution in [2.24, 2.45) is 0 Å². The molecule has 0 aliphatic carbocycles. The second-order valence-electron chi connectivity index (χ2n) is 4.32. The Morgan fingerprint density at radius 1 is 1.21 bits per heavy atom. The fourth-order valence-corrected chi connectivity index (χ4v) is 1.74. The van der Waals surface area contributed by atoms with Gasteiger partial charge in [0.05, 0.1) is 6.04 Å². The monoisotopic (exact) mass is 255 g/mol. The summed E-state index contributed by atoms with van der Waals surface area (Å²) in [5.74, 6) is 0. The molecule has 0 aliphatic rings. The number of benzene rings is 1. The van der Waals surface area contributed by atoms with Crippen molar-refractivity contribution in [3.05, 3.63) is 66.0 Å². The first-order valence-corrected chi connectivity index (χ1v) is 6.24. The maximum absolute atomic E-state index is 11.8. The van der Waals surface area contributed by atoms with Crippen LogP contribution in [-0.4, -0.2) is 11.0 Å². The minimum Gasteiger partial charge on any atom is -0.334 e. The number of urea groups is 1.